The van der Waals surface area contributed by atoms with Crippen LogP contribution < -0.4 is 9.97 Å². The molecule has 1 aliphatic carbocycles. The van der Waals surface area contributed by atoms with Crippen LogP contribution in [0.4, 0.5) is 0 Å². The topological polar surface area (TPSA) is 75.6 Å². The van der Waals surface area contributed by atoms with E-state index in [1.54, 1.807) is 6.07 Å². The number of nitrogens with one attached hydrogen (secondary N) is 1. The minimum atomic E-state index is -1.04. The highest BCUT2D eigenvalue weighted by atomic mass is 16.5. The number of ketones is 2. The SMILES string of the molecule is CC(=O)c1cccc2c1OB(O)[C@@H](CC(=O)CC1CCC(NCCCC(C)C)CC1)C2. The van der Waals surface area contributed by atoms with Gasteiger partial charge in [-0.25, -0.2) is 0 Å². The number of carbonyl (C=O) groups excluding carboxylic acids is 2. The molecule has 1 aliphatic heterocycles. The summed E-state index contributed by atoms with van der Waals surface area (Å²) in [6.45, 7) is 7.13. The molecule has 0 saturated heterocycles. The van der Waals surface area contributed by atoms with Crippen molar-refractivity contribution < 1.29 is 19.3 Å². The Balaban J connectivity index is 1.42. The zero-order valence-corrected chi connectivity index (χ0v) is 19.4. The van der Waals surface area contributed by atoms with E-state index >= 15 is 0 Å². The third kappa shape index (κ3) is 6.91. The molecule has 3 rings (SSSR count). The minimum absolute atomic E-state index is 0.0800. The molecule has 0 unspecified atom stereocenters. The maximum absolute atomic E-state index is 12.7. The van der Waals surface area contributed by atoms with Gasteiger partial charge in [0.05, 0.1) is 5.56 Å². The van der Waals surface area contributed by atoms with E-state index < -0.39 is 7.12 Å². The average Bonchev–Trinajstić information content (AvgIpc) is 2.72. The monoisotopic (exact) mass is 427 g/mol. The van der Waals surface area contributed by atoms with Gasteiger partial charge in [-0.15, -0.1) is 0 Å². The lowest BCUT2D eigenvalue weighted by Gasteiger charge is -2.30. The molecule has 2 aliphatic rings. The highest BCUT2D eigenvalue weighted by molar-refractivity contribution is 6.47. The summed E-state index contributed by atoms with van der Waals surface area (Å²) in [6, 6.07) is 6.07. The van der Waals surface area contributed by atoms with Gasteiger partial charge in [-0.1, -0.05) is 26.0 Å². The van der Waals surface area contributed by atoms with Crippen molar-refractivity contribution in [1.82, 2.24) is 5.32 Å². The number of hydrogen-bond donors (Lipinski definition) is 2. The molecular weight excluding hydrogens is 389 g/mol. The summed E-state index contributed by atoms with van der Waals surface area (Å²) in [4.78, 5) is 24.5. The lowest BCUT2D eigenvalue weighted by Crippen LogP contribution is -2.36. The molecule has 0 spiro atoms. The van der Waals surface area contributed by atoms with Gasteiger partial charge in [0.2, 0.25) is 0 Å². The van der Waals surface area contributed by atoms with Crippen molar-refractivity contribution in [3.8, 4) is 5.75 Å². The van der Waals surface area contributed by atoms with Crippen molar-refractivity contribution in [1.29, 1.82) is 0 Å². The summed E-state index contributed by atoms with van der Waals surface area (Å²) in [7, 11) is -1.04. The Kier molecular flexibility index (Phi) is 8.73. The van der Waals surface area contributed by atoms with E-state index in [0.29, 0.717) is 42.5 Å². The molecule has 6 heteroatoms. The maximum atomic E-state index is 12.7. The molecule has 1 aromatic rings. The number of hydrogen-bond acceptors (Lipinski definition) is 5. The molecule has 0 aromatic heterocycles. The number of fused-ring (bicyclic) bond motifs is 1. The summed E-state index contributed by atoms with van der Waals surface area (Å²) < 4.78 is 5.68. The van der Waals surface area contributed by atoms with Crippen molar-refractivity contribution in [2.24, 2.45) is 11.8 Å². The van der Waals surface area contributed by atoms with E-state index in [2.05, 4.69) is 19.2 Å². The van der Waals surface area contributed by atoms with Crippen molar-refractivity contribution in [3.63, 3.8) is 0 Å². The molecule has 1 fully saturated rings. The van der Waals surface area contributed by atoms with E-state index in [4.69, 9.17) is 4.65 Å². The Morgan fingerprint density at radius 1 is 1.19 bits per heavy atom. The zero-order valence-electron chi connectivity index (χ0n) is 19.4. The lowest BCUT2D eigenvalue weighted by atomic mass is 9.64. The first-order valence-electron chi connectivity index (χ1n) is 12.1. The van der Waals surface area contributed by atoms with Crippen molar-refractivity contribution in [2.45, 2.75) is 90.4 Å². The Morgan fingerprint density at radius 3 is 2.61 bits per heavy atom. The standard InChI is InChI=1S/C25H38BNO4/c1-17(2)6-5-13-27-22-11-9-19(10-12-22)14-23(29)16-21-15-20-7-4-8-24(18(3)28)25(20)31-26(21)30/h4,7-8,17,19,21-22,27,30H,5-6,9-16H2,1-3H3/t19?,21-,22?/m1/s1. The van der Waals surface area contributed by atoms with Gasteiger partial charge >= 0.3 is 7.12 Å². The molecular formula is C25H38BNO4. The quantitative estimate of drug-likeness (QED) is 0.324. The third-order valence-electron chi connectivity index (χ3n) is 6.84. The second-order valence-corrected chi connectivity index (χ2v) is 9.98. The smallest absolute Gasteiger partial charge is 0.526 e. The second-order valence-electron chi connectivity index (χ2n) is 9.98. The molecule has 0 radical (unpaired) electrons. The van der Waals surface area contributed by atoms with Crippen LogP contribution in [0.5, 0.6) is 5.75 Å². The van der Waals surface area contributed by atoms with Crippen LogP contribution in [0, 0.1) is 11.8 Å². The van der Waals surface area contributed by atoms with E-state index in [0.717, 1.165) is 43.7 Å². The summed E-state index contributed by atoms with van der Waals surface area (Å²) in [5, 5.41) is 14.1. The number of rotatable bonds is 10. The minimum Gasteiger partial charge on any atom is -0.535 e. The summed E-state index contributed by atoms with van der Waals surface area (Å²) >= 11 is 0. The number of benzene rings is 1. The van der Waals surface area contributed by atoms with Crippen LogP contribution in [0.2, 0.25) is 5.82 Å². The van der Waals surface area contributed by atoms with Crippen LogP contribution in [0.25, 0.3) is 0 Å². The van der Waals surface area contributed by atoms with Gasteiger partial charge in [-0.3, -0.25) is 9.59 Å². The summed E-state index contributed by atoms with van der Waals surface area (Å²) in [5.41, 5.74) is 1.40. The fourth-order valence-electron chi connectivity index (χ4n) is 5.02. The fourth-order valence-corrected chi connectivity index (χ4v) is 5.02. The predicted molar refractivity (Wildman–Crippen MR) is 125 cm³/mol. The number of para-hydroxylation sites is 1. The molecule has 0 bridgehead atoms. The third-order valence-corrected chi connectivity index (χ3v) is 6.84. The fraction of sp³-hybridized carbons (Fsp3) is 0.680. The Labute approximate surface area is 187 Å². The van der Waals surface area contributed by atoms with Crippen LogP contribution in [-0.2, 0) is 11.2 Å². The van der Waals surface area contributed by atoms with E-state index in [1.165, 1.54) is 19.8 Å². The van der Waals surface area contributed by atoms with E-state index in [-0.39, 0.29) is 17.4 Å². The number of carbonyl (C=O) groups is 2. The normalized spacial score (nSPS) is 23.4. The highest BCUT2D eigenvalue weighted by Gasteiger charge is 2.37. The molecule has 31 heavy (non-hydrogen) atoms. The first-order valence-corrected chi connectivity index (χ1v) is 12.1. The predicted octanol–water partition coefficient (Wildman–Crippen LogP) is 4.61. The van der Waals surface area contributed by atoms with Crippen molar-refractivity contribution >= 4 is 18.7 Å². The Bertz CT molecular complexity index is 758. The molecule has 1 saturated carbocycles. The maximum Gasteiger partial charge on any atom is 0.526 e. The largest absolute Gasteiger partial charge is 0.535 e. The van der Waals surface area contributed by atoms with Crippen LogP contribution >= 0.6 is 0 Å². The van der Waals surface area contributed by atoms with Gasteiger partial charge < -0.3 is 15.0 Å². The van der Waals surface area contributed by atoms with Gasteiger partial charge in [-0.05, 0) is 81.9 Å². The van der Waals surface area contributed by atoms with E-state index in [9.17, 15) is 14.6 Å². The van der Waals surface area contributed by atoms with Crippen molar-refractivity contribution in [2.75, 3.05) is 6.54 Å². The Morgan fingerprint density at radius 2 is 1.94 bits per heavy atom. The Hall–Kier alpha value is -1.66. The molecule has 2 N–H and O–H groups in total. The molecule has 1 atom stereocenters. The molecule has 170 valence electrons. The van der Waals surface area contributed by atoms with Crippen LogP contribution in [0.15, 0.2) is 18.2 Å². The van der Waals surface area contributed by atoms with Crippen molar-refractivity contribution in [3.05, 3.63) is 29.3 Å². The summed E-state index contributed by atoms with van der Waals surface area (Å²) in [5.74, 6) is 1.59. The highest BCUT2D eigenvalue weighted by Crippen LogP contribution is 2.37. The first-order chi connectivity index (χ1) is 14.8. The molecule has 1 aromatic carbocycles. The zero-order chi connectivity index (χ0) is 22.4. The van der Waals surface area contributed by atoms with Gasteiger partial charge in [-0.2, -0.15) is 0 Å². The van der Waals surface area contributed by atoms with E-state index in [1.807, 2.05) is 12.1 Å². The van der Waals surface area contributed by atoms with Gasteiger partial charge in [0, 0.05) is 24.7 Å². The van der Waals surface area contributed by atoms with Crippen LogP contribution in [0.1, 0.15) is 88.1 Å². The second kappa shape index (κ2) is 11.3. The summed E-state index contributed by atoms with van der Waals surface area (Å²) in [6.07, 6.45) is 8.50. The molecule has 5 nitrogen and oxygen atoms in total. The molecule has 1 heterocycles. The van der Waals surface area contributed by atoms with Gasteiger partial charge in [0.15, 0.2) is 5.78 Å². The number of Topliss-reactive ketones (excluding diaryl/α,β-unsaturated/α-hetero) is 2. The van der Waals surface area contributed by atoms with Gasteiger partial charge in [0.1, 0.15) is 11.5 Å². The van der Waals surface area contributed by atoms with Crippen LogP contribution in [-0.4, -0.2) is 36.3 Å². The van der Waals surface area contributed by atoms with Gasteiger partial charge in [0.25, 0.3) is 0 Å². The molecule has 0 amide bonds. The first kappa shape index (κ1) is 24.0. The average molecular weight is 427 g/mol. The lowest BCUT2D eigenvalue weighted by molar-refractivity contribution is -0.120. The van der Waals surface area contributed by atoms with Crippen LogP contribution in [0.3, 0.4) is 0 Å².